The number of ether oxygens (including phenoxy) is 1. The quantitative estimate of drug-likeness (QED) is 0.763. The lowest BCUT2D eigenvalue weighted by molar-refractivity contribution is 0.402. The molecule has 2 nitrogen and oxygen atoms in total. The highest BCUT2D eigenvalue weighted by molar-refractivity contribution is 5.57. The molecule has 0 saturated heterocycles. The molecule has 0 spiro atoms. The normalized spacial score (nSPS) is 14.4. The Kier molecular flexibility index (Phi) is 3.54. The molecule has 0 heterocycles. The lowest BCUT2D eigenvalue weighted by Crippen LogP contribution is -1.97. The predicted octanol–water partition coefficient (Wildman–Crippen LogP) is 3.49. The highest BCUT2D eigenvalue weighted by Gasteiger charge is 2.02. The predicted molar refractivity (Wildman–Crippen MR) is 66.0 cm³/mol. The molecule has 1 aliphatic rings. The Morgan fingerprint density at radius 2 is 2.06 bits per heavy atom. The van der Waals surface area contributed by atoms with Crippen LogP contribution in [0.1, 0.15) is 18.4 Å². The fourth-order valence-electron chi connectivity index (χ4n) is 1.63. The molecule has 1 aromatic carbocycles. The van der Waals surface area contributed by atoms with Gasteiger partial charge in [0.05, 0.1) is 0 Å². The van der Waals surface area contributed by atoms with Crippen LogP contribution in [0.4, 0.5) is 0 Å². The Balaban J connectivity index is 2.01. The molecule has 0 amide bonds. The van der Waals surface area contributed by atoms with E-state index >= 15 is 0 Å². The zero-order valence-corrected chi connectivity index (χ0v) is 9.15. The topological polar surface area (TPSA) is 33.1 Å². The smallest absolute Gasteiger partial charge is 0.126 e. The minimum absolute atomic E-state index is 0.686. The molecule has 0 atom stereocenters. The van der Waals surface area contributed by atoms with Gasteiger partial charge >= 0.3 is 0 Å². The van der Waals surface area contributed by atoms with Crippen molar-refractivity contribution >= 4 is 6.21 Å². The Morgan fingerprint density at radius 1 is 1.25 bits per heavy atom. The highest BCUT2D eigenvalue weighted by Crippen LogP contribution is 2.19. The third-order valence-corrected chi connectivity index (χ3v) is 2.49. The molecular formula is C14H15NO. The zero-order chi connectivity index (χ0) is 11.2. The molecule has 2 heteroatoms. The number of hydrogen-bond donors (Lipinski definition) is 1. The van der Waals surface area contributed by atoms with Crippen LogP contribution in [-0.4, -0.2) is 6.21 Å². The average molecular weight is 213 g/mol. The molecule has 82 valence electrons. The van der Waals surface area contributed by atoms with Crippen molar-refractivity contribution in [2.75, 3.05) is 0 Å². The first-order valence-corrected chi connectivity index (χ1v) is 5.50. The van der Waals surface area contributed by atoms with Gasteiger partial charge in [-0.2, -0.15) is 0 Å². The summed E-state index contributed by atoms with van der Waals surface area (Å²) >= 11 is 0. The largest absolute Gasteiger partial charge is 0.462 e. The van der Waals surface area contributed by atoms with Gasteiger partial charge < -0.3 is 10.1 Å². The van der Waals surface area contributed by atoms with Crippen molar-refractivity contribution < 1.29 is 4.74 Å². The number of allylic oxidation sites excluding steroid dienone is 4. The van der Waals surface area contributed by atoms with Crippen LogP contribution in [0.25, 0.3) is 0 Å². The maximum atomic E-state index is 7.03. The van der Waals surface area contributed by atoms with Crippen LogP contribution >= 0.6 is 0 Å². The molecule has 1 aromatic rings. The second-order valence-corrected chi connectivity index (χ2v) is 3.75. The van der Waals surface area contributed by atoms with E-state index in [4.69, 9.17) is 10.1 Å². The summed E-state index contributed by atoms with van der Waals surface area (Å²) in [6, 6.07) is 7.91. The summed E-state index contributed by atoms with van der Waals surface area (Å²) < 4.78 is 5.74. The van der Waals surface area contributed by atoms with Gasteiger partial charge in [0.2, 0.25) is 0 Å². The monoisotopic (exact) mass is 213 g/mol. The van der Waals surface area contributed by atoms with Gasteiger partial charge in [-0.3, -0.25) is 0 Å². The zero-order valence-electron chi connectivity index (χ0n) is 9.15. The molecule has 1 N–H and O–H groups in total. The van der Waals surface area contributed by atoms with Crippen LogP contribution in [0.5, 0.6) is 5.75 Å². The fraction of sp³-hybridized carbons (Fsp3) is 0.214. The molecular weight excluding hydrogens is 198 g/mol. The fourth-order valence-corrected chi connectivity index (χ4v) is 1.63. The van der Waals surface area contributed by atoms with Crippen molar-refractivity contribution in [1.82, 2.24) is 0 Å². The summed E-state index contributed by atoms with van der Waals surface area (Å²) in [5, 5.41) is 7.03. The van der Waals surface area contributed by atoms with Gasteiger partial charge in [0.15, 0.2) is 0 Å². The third kappa shape index (κ3) is 2.83. The van der Waals surface area contributed by atoms with Gasteiger partial charge in [0.25, 0.3) is 0 Å². The van der Waals surface area contributed by atoms with E-state index in [1.54, 1.807) is 0 Å². The third-order valence-electron chi connectivity index (χ3n) is 2.49. The Labute approximate surface area is 95.8 Å². The van der Waals surface area contributed by atoms with Crippen molar-refractivity contribution in [3.05, 3.63) is 53.8 Å². The van der Waals surface area contributed by atoms with E-state index in [1.165, 1.54) is 6.21 Å². The Morgan fingerprint density at radius 3 is 2.69 bits per heavy atom. The second kappa shape index (κ2) is 5.31. The number of hydrogen-bond acceptors (Lipinski definition) is 2. The van der Waals surface area contributed by atoms with Crippen LogP contribution in [0, 0.1) is 5.41 Å². The summed E-state index contributed by atoms with van der Waals surface area (Å²) in [6.07, 6.45) is 10.3. The van der Waals surface area contributed by atoms with Crippen molar-refractivity contribution in [2.45, 2.75) is 19.3 Å². The summed E-state index contributed by atoms with van der Waals surface area (Å²) in [7, 11) is 0. The molecule has 16 heavy (non-hydrogen) atoms. The minimum Gasteiger partial charge on any atom is -0.462 e. The lowest BCUT2D eigenvalue weighted by atomic mass is 10.1. The minimum atomic E-state index is 0.686. The lowest BCUT2D eigenvalue weighted by Gasteiger charge is -2.11. The molecule has 0 aromatic heterocycles. The van der Waals surface area contributed by atoms with E-state index in [0.717, 1.165) is 29.9 Å². The van der Waals surface area contributed by atoms with Crippen LogP contribution in [0.2, 0.25) is 0 Å². The van der Waals surface area contributed by atoms with Crippen LogP contribution in [-0.2, 0) is 6.42 Å². The Bertz CT molecular complexity index is 415. The van der Waals surface area contributed by atoms with E-state index < -0.39 is 0 Å². The van der Waals surface area contributed by atoms with Gasteiger partial charge in [0, 0.05) is 12.8 Å². The maximum Gasteiger partial charge on any atom is 0.126 e. The van der Waals surface area contributed by atoms with Crippen molar-refractivity contribution in [3.63, 3.8) is 0 Å². The second-order valence-electron chi connectivity index (χ2n) is 3.75. The first-order valence-electron chi connectivity index (χ1n) is 5.50. The molecule has 0 bridgehead atoms. The first kappa shape index (κ1) is 10.7. The summed E-state index contributed by atoms with van der Waals surface area (Å²) in [4.78, 5) is 0. The SMILES string of the molecule is N=CCc1ccc(OC2=CC=CCC2)cc1. The molecule has 0 fully saturated rings. The van der Waals surface area contributed by atoms with Crippen LogP contribution in [0.3, 0.4) is 0 Å². The summed E-state index contributed by atoms with van der Waals surface area (Å²) in [6.45, 7) is 0. The molecule has 0 saturated carbocycles. The standard InChI is InChI=1S/C14H15NO/c15-11-10-12-6-8-14(9-7-12)16-13-4-2-1-3-5-13/h1-2,4,6-9,11,15H,3,5,10H2. The molecule has 2 rings (SSSR count). The summed E-state index contributed by atoms with van der Waals surface area (Å²) in [5.41, 5.74) is 1.14. The van der Waals surface area contributed by atoms with Crippen LogP contribution in [0.15, 0.2) is 48.3 Å². The Hall–Kier alpha value is -1.83. The van der Waals surface area contributed by atoms with E-state index in [0.29, 0.717) is 6.42 Å². The van der Waals surface area contributed by atoms with Gasteiger partial charge in [-0.05, 0) is 36.4 Å². The van der Waals surface area contributed by atoms with E-state index in [2.05, 4.69) is 6.08 Å². The number of rotatable bonds is 4. The van der Waals surface area contributed by atoms with Gasteiger partial charge in [-0.1, -0.05) is 24.3 Å². The van der Waals surface area contributed by atoms with E-state index in [9.17, 15) is 0 Å². The van der Waals surface area contributed by atoms with E-state index in [1.807, 2.05) is 36.4 Å². The van der Waals surface area contributed by atoms with Gasteiger partial charge in [0.1, 0.15) is 11.5 Å². The van der Waals surface area contributed by atoms with Gasteiger partial charge in [-0.25, -0.2) is 0 Å². The molecule has 0 unspecified atom stereocenters. The average Bonchev–Trinajstić information content (AvgIpc) is 2.33. The number of benzene rings is 1. The summed E-state index contributed by atoms with van der Waals surface area (Å²) in [5.74, 6) is 1.89. The highest BCUT2D eigenvalue weighted by atomic mass is 16.5. The molecule has 1 aliphatic carbocycles. The number of nitrogens with one attached hydrogen (secondary N) is 1. The maximum absolute atomic E-state index is 7.03. The molecule has 0 radical (unpaired) electrons. The van der Waals surface area contributed by atoms with Gasteiger partial charge in [-0.15, -0.1) is 0 Å². The molecule has 0 aliphatic heterocycles. The van der Waals surface area contributed by atoms with Crippen molar-refractivity contribution in [2.24, 2.45) is 0 Å². The van der Waals surface area contributed by atoms with Crippen molar-refractivity contribution in [1.29, 1.82) is 5.41 Å². The van der Waals surface area contributed by atoms with E-state index in [-0.39, 0.29) is 0 Å². The first-order chi connectivity index (χ1) is 7.88. The van der Waals surface area contributed by atoms with Crippen LogP contribution < -0.4 is 4.74 Å². The van der Waals surface area contributed by atoms with Crippen molar-refractivity contribution in [3.8, 4) is 5.75 Å².